The van der Waals surface area contributed by atoms with E-state index in [0.717, 1.165) is 11.1 Å². The summed E-state index contributed by atoms with van der Waals surface area (Å²) >= 11 is 0. The van der Waals surface area contributed by atoms with Crippen LogP contribution in [0.4, 0.5) is 0 Å². The summed E-state index contributed by atoms with van der Waals surface area (Å²) in [5.41, 5.74) is 7.84. The lowest BCUT2D eigenvalue weighted by atomic mass is 9.92. The normalized spacial score (nSPS) is 12.8. The molecule has 0 bridgehead atoms. The SMILES string of the molecule is Cc1cc(C(=N)N)ccc1C(C)CC(=O)OC(C)(C)C. The molecule has 0 fully saturated rings. The highest BCUT2D eigenvalue weighted by Crippen LogP contribution is 2.25. The van der Waals surface area contributed by atoms with Crippen molar-refractivity contribution in [3.8, 4) is 0 Å². The molecule has 4 heteroatoms. The number of esters is 1. The second kappa shape index (κ2) is 6.07. The molecule has 4 nitrogen and oxygen atoms in total. The van der Waals surface area contributed by atoms with Gasteiger partial charge < -0.3 is 10.5 Å². The second-order valence-electron chi connectivity index (χ2n) is 6.18. The third-order valence-electron chi connectivity index (χ3n) is 3.00. The number of rotatable bonds is 4. The highest BCUT2D eigenvalue weighted by Gasteiger charge is 2.20. The molecule has 0 spiro atoms. The van der Waals surface area contributed by atoms with Gasteiger partial charge in [-0.15, -0.1) is 0 Å². The first kappa shape index (κ1) is 16.2. The molecule has 20 heavy (non-hydrogen) atoms. The topological polar surface area (TPSA) is 76.2 Å². The van der Waals surface area contributed by atoms with Crippen molar-refractivity contribution in [1.82, 2.24) is 0 Å². The van der Waals surface area contributed by atoms with Gasteiger partial charge in [-0.05, 0) is 50.8 Å². The molecule has 0 radical (unpaired) electrons. The third-order valence-corrected chi connectivity index (χ3v) is 3.00. The third kappa shape index (κ3) is 4.68. The largest absolute Gasteiger partial charge is 0.460 e. The number of nitrogens with two attached hydrogens (primary N) is 1. The molecule has 0 aliphatic heterocycles. The first-order valence-corrected chi connectivity index (χ1v) is 6.77. The zero-order valence-corrected chi connectivity index (χ0v) is 12.9. The van der Waals surface area contributed by atoms with E-state index in [1.807, 2.05) is 52.8 Å². The second-order valence-corrected chi connectivity index (χ2v) is 6.18. The summed E-state index contributed by atoms with van der Waals surface area (Å²) in [6.07, 6.45) is 0.345. The molecule has 0 aliphatic carbocycles. The van der Waals surface area contributed by atoms with E-state index in [9.17, 15) is 4.79 Å². The number of carbonyl (C=O) groups is 1. The fourth-order valence-electron chi connectivity index (χ4n) is 2.14. The number of nitrogen functional groups attached to an aromatic ring is 1. The van der Waals surface area contributed by atoms with Crippen molar-refractivity contribution in [3.63, 3.8) is 0 Å². The number of aryl methyl sites for hydroxylation is 1. The van der Waals surface area contributed by atoms with Crippen LogP contribution in [0.2, 0.25) is 0 Å². The van der Waals surface area contributed by atoms with Crippen molar-refractivity contribution >= 4 is 11.8 Å². The molecule has 1 aromatic rings. The fraction of sp³-hybridized carbons (Fsp3) is 0.500. The average Bonchev–Trinajstić information content (AvgIpc) is 2.25. The highest BCUT2D eigenvalue weighted by atomic mass is 16.6. The first-order valence-electron chi connectivity index (χ1n) is 6.77. The van der Waals surface area contributed by atoms with Crippen LogP contribution >= 0.6 is 0 Å². The Morgan fingerprint density at radius 3 is 2.45 bits per heavy atom. The van der Waals surface area contributed by atoms with Gasteiger partial charge in [0.1, 0.15) is 11.4 Å². The lowest BCUT2D eigenvalue weighted by molar-refractivity contribution is -0.155. The van der Waals surface area contributed by atoms with Crippen LogP contribution in [0, 0.1) is 12.3 Å². The van der Waals surface area contributed by atoms with E-state index in [4.69, 9.17) is 15.9 Å². The molecular weight excluding hydrogens is 252 g/mol. The van der Waals surface area contributed by atoms with E-state index in [1.165, 1.54) is 0 Å². The van der Waals surface area contributed by atoms with E-state index < -0.39 is 5.60 Å². The van der Waals surface area contributed by atoms with Crippen molar-refractivity contribution < 1.29 is 9.53 Å². The molecule has 1 aromatic carbocycles. The number of hydrogen-bond acceptors (Lipinski definition) is 3. The van der Waals surface area contributed by atoms with Gasteiger partial charge in [0.15, 0.2) is 0 Å². The van der Waals surface area contributed by atoms with Gasteiger partial charge in [0.25, 0.3) is 0 Å². The first-order chi connectivity index (χ1) is 9.10. The smallest absolute Gasteiger partial charge is 0.306 e. The molecule has 110 valence electrons. The number of benzene rings is 1. The predicted molar refractivity (Wildman–Crippen MR) is 81.1 cm³/mol. The standard InChI is InChI=1S/C16H24N2O2/c1-10-8-12(15(17)18)6-7-13(10)11(2)9-14(19)20-16(3,4)5/h6-8,11H,9H2,1-5H3,(H3,17,18). The van der Waals surface area contributed by atoms with E-state index in [2.05, 4.69) is 0 Å². The van der Waals surface area contributed by atoms with Gasteiger partial charge in [-0.1, -0.05) is 19.1 Å². The average molecular weight is 276 g/mol. The van der Waals surface area contributed by atoms with Gasteiger partial charge in [-0.25, -0.2) is 0 Å². The zero-order chi connectivity index (χ0) is 15.5. The van der Waals surface area contributed by atoms with Crippen LogP contribution < -0.4 is 5.73 Å². The Kier molecular flexibility index (Phi) is 4.93. The van der Waals surface area contributed by atoms with Gasteiger partial charge in [-0.2, -0.15) is 0 Å². The molecule has 3 N–H and O–H groups in total. The summed E-state index contributed by atoms with van der Waals surface area (Å²) in [6, 6.07) is 5.63. The number of ether oxygens (including phenoxy) is 1. The van der Waals surface area contributed by atoms with Gasteiger partial charge >= 0.3 is 5.97 Å². The Labute approximate surface area is 120 Å². The van der Waals surface area contributed by atoms with Gasteiger partial charge in [0.2, 0.25) is 0 Å². The summed E-state index contributed by atoms with van der Waals surface area (Å²) < 4.78 is 5.34. The molecule has 0 aromatic heterocycles. The van der Waals surface area contributed by atoms with Crippen molar-refractivity contribution in [2.24, 2.45) is 5.73 Å². The number of amidine groups is 1. The Morgan fingerprint density at radius 1 is 1.40 bits per heavy atom. The van der Waals surface area contributed by atoms with Crippen LogP contribution in [-0.4, -0.2) is 17.4 Å². The summed E-state index contributed by atoms with van der Waals surface area (Å²) in [6.45, 7) is 9.56. The summed E-state index contributed by atoms with van der Waals surface area (Å²) in [7, 11) is 0. The van der Waals surface area contributed by atoms with Crippen LogP contribution in [-0.2, 0) is 9.53 Å². The van der Waals surface area contributed by atoms with Crippen molar-refractivity contribution in [2.45, 2.75) is 52.6 Å². The monoisotopic (exact) mass is 276 g/mol. The summed E-state index contributed by atoms with van der Waals surface area (Å²) in [4.78, 5) is 11.9. The highest BCUT2D eigenvalue weighted by molar-refractivity contribution is 5.95. The Bertz CT molecular complexity index is 516. The Hall–Kier alpha value is -1.84. The lowest BCUT2D eigenvalue weighted by Crippen LogP contribution is -2.24. The quantitative estimate of drug-likeness (QED) is 0.504. The molecule has 1 unspecified atom stereocenters. The van der Waals surface area contributed by atoms with Crippen LogP contribution in [0.5, 0.6) is 0 Å². The van der Waals surface area contributed by atoms with Crippen LogP contribution in [0.3, 0.4) is 0 Å². The number of hydrogen-bond donors (Lipinski definition) is 2. The lowest BCUT2D eigenvalue weighted by Gasteiger charge is -2.21. The van der Waals surface area contributed by atoms with E-state index in [0.29, 0.717) is 12.0 Å². The summed E-state index contributed by atoms with van der Waals surface area (Å²) in [5.74, 6) is -0.0645. The number of nitrogens with one attached hydrogen (secondary N) is 1. The maximum Gasteiger partial charge on any atom is 0.306 e. The van der Waals surface area contributed by atoms with Crippen molar-refractivity contribution in [2.75, 3.05) is 0 Å². The Balaban J connectivity index is 2.80. The molecule has 0 aliphatic rings. The zero-order valence-electron chi connectivity index (χ0n) is 12.9. The van der Waals surface area contributed by atoms with Gasteiger partial charge in [0.05, 0.1) is 6.42 Å². The maximum absolute atomic E-state index is 11.9. The molecule has 1 atom stereocenters. The number of carbonyl (C=O) groups excluding carboxylic acids is 1. The van der Waals surface area contributed by atoms with E-state index in [-0.39, 0.29) is 17.7 Å². The molecule has 0 saturated heterocycles. The van der Waals surface area contributed by atoms with E-state index >= 15 is 0 Å². The van der Waals surface area contributed by atoms with Crippen molar-refractivity contribution in [3.05, 3.63) is 34.9 Å². The maximum atomic E-state index is 11.9. The van der Waals surface area contributed by atoms with Crippen molar-refractivity contribution in [1.29, 1.82) is 5.41 Å². The minimum absolute atomic E-state index is 0.0550. The fourth-order valence-corrected chi connectivity index (χ4v) is 2.14. The molecule has 1 rings (SSSR count). The van der Waals surface area contributed by atoms with Crippen LogP contribution in [0.25, 0.3) is 0 Å². The molecule has 0 amide bonds. The molecular formula is C16H24N2O2. The van der Waals surface area contributed by atoms with E-state index in [1.54, 1.807) is 0 Å². The van der Waals surface area contributed by atoms with Gasteiger partial charge in [-0.3, -0.25) is 10.2 Å². The summed E-state index contributed by atoms with van der Waals surface area (Å²) in [5, 5.41) is 7.43. The Morgan fingerprint density at radius 2 is 2.00 bits per heavy atom. The predicted octanol–water partition coefficient (Wildman–Crippen LogP) is 3.11. The minimum atomic E-state index is -0.454. The van der Waals surface area contributed by atoms with Gasteiger partial charge in [0, 0.05) is 5.56 Å². The molecule has 0 saturated carbocycles. The van der Waals surface area contributed by atoms with Crippen LogP contribution in [0.1, 0.15) is 56.7 Å². The van der Waals surface area contributed by atoms with Crippen LogP contribution in [0.15, 0.2) is 18.2 Å². The molecule has 0 heterocycles. The minimum Gasteiger partial charge on any atom is -0.460 e.